The predicted octanol–water partition coefficient (Wildman–Crippen LogP) is 10.1. The molecule has 5 fully saturated rings. The van der Waals surface area contributed by atoms with Crippen LogP contribution in [0.4, 0.5) is 4.79 Å². The van der Waals surface area contributed by atoms with E-state index in [-0.39, 0.29) is 24.4 Å². The number of benzene rings is 1. The molecule has 0 radical (unpaired) electrons. The summed E-state index contributed by atoms with van der Waals surface area (Å²) in [4.78, 5) is 15.2. The number of nitrogens with one attached hydrogen (secondary N) is 2. The van der Waals surface area contributed by atoms with Crippen LogP contribution in [0.25, 0.3) is 5.57 Å². The first-order chi connectivity index (χ1) is 21.3. The molecule has 7 rings (SSSR count). The van der Waals surface area contributed by atoms with Crippen LogP contribution >= 0.6 is 0 Å². The number of rotatable bonds is 5. The second kappa shape index (κ2) is 13.2. The van der Waals surface area contributed by atoms with E-state index in [1.165, 1.54) is 88.2 Å². The summed E-state index contributed by atoms with van der Waals surface area (Å²) in [6.07, 6.45) is 18.5. The van der Waals surface area contributed by atoms with Crippen LogP contribution in [0.15, 0.2) is 30.3 Å². The van der Waals surface area contributed by atoms with Gasteiger partial charge in [-0.25, -0.2) is 4.79 Å². The zero-order valence-corrected chi connectivity index (χ0v) is 30.1. The van der Waals surface area contributed by atoms with Gasteiger partial charge in [-0.2, -0.15) is 0 Å². The van der Waals surface area contributed by atoms with Crippen molar-refractivity contribution in [1.29, 1.82) is 0 Å². The number of allylic oxidation sites excluding steroid dienone is 2. The molecule has 2 N–H and O–H groups in total. The van der Waals surface area contributed by atoms with Crippen molar-refractivity contribution in [3.8, 4) is 0 Å². The molecule has 5 saturated carbocycles. The molecule has 6 aliphatic carbocycles. The lowest BCUT2D eigenvalue weighted by Gasteiger charge is -2.68. The summed E-state index contributed by atoms with van der Waals surface area (Å²) in [5.41, 5.74) is 5.36. The third kappa shape index (κ3) is 6.35. The van der Waals surface area contributed by atoms with Gasteiger partial charge in [0.25, 0.3) is 0 Å². The highest BCUT2D eigenvalue weighted by molar-refractivity contribution is 5.75. The Morgan fingerprint density at radius 3 is 2.20 bits per heavy atom. The molecular formula is C42H69N3O. The molecule has 0 spiro atoms. The van der Waals surface area contributed by atoms with Gasteiger partial charge in [0.05, 0.1) is 0 Å². The minimum Gasteiger partial charge on any atom is -0.337 e. The average Bonchev–Trinajstić information content (AvgIpc) is 3.64. The summed E-state index contributed by atoms with van der Waals surface area (Å²) in [6, 6.07) is 9.35. The lowest BCUT2D eigenvalue weighted by Crippen LogP contribution is -2.64. The fraction of sp³-hybridized carbons (Fsp3) is 0.786. The SMILES string of the molecule is C.CC1CC1.Cc1ccc(C2=CCC3(C)C(CCC4(C)C5CCC6(NC(=O)NCCN(C)C)CCCC6C5CCC43)C2(C)C)cc1. The van der Waals surface area contributed by atoms with Gasteiger partial charge in [0.15, 0.2) is 0 Å². The first kappa shape index (κ1) is 35.5. The van der Waals surface area contributed by atoms with E-state index in [9.17, 15) is 4.79 Å². The number of amides is 2. The third-order valence-electron chi connectivity index (χ3n) is 14.5. The number of hydrogen-bond donors (Lipinski definition) is 2. The van der Waals surface area contributed by atoms with Crippen molar-refractivity contribution >= 4 is 11.6 Å². The first-order valence-electron chi connectivity index (χ1n) is 18.8. The minimum atomic E-state index is 0. The highest BCUT2D eigenvalue weighted by Gasteiger charge is 2.65. The Morgan fingerprint density at radius 2 is 1.54 bits per heavy atom. The smallest absolute Gasteiger partial charge is 0.315 e. The molecule has 0 bridgehead atoms. The highest BCUT2D eigenvalue weighted by Crippen LogP contribution is 2.72. The molecule has 4 heteroatoms. The highest BCUT2D eigenvalue weighted by atomic mass is 16.2. The molecule has 1 aromatic rings. The Morgan fingerprint density at radius 1 is 0.848 bits per heavy atom. The van der Waals surface area contributed by atoms with E-state index in [1.54, 1.807) is 5.57 Å². The molecule has 0 aromatic heterocycles. The Balaban J connectivity index is 0.000000775. The minimum absolute atomic E-state index is 0. The summed E-state index contributed by atoms with van der Waals surface area (Å²) in [6.45, 7) is 16.6. The van der Waals surface area contributed by atoms with Crippen LogP contribution in [0, 0.1) is 58.7 Å². The average molecular weight is 632 g/mol. The van der Waals surface area contributed by atoms with Crippen LogP contribution in [0.5, 0.6) is 0 Å². The summed E-state index contributed by atoms with van der Waals surface area (Å²) < 4.78 is 0. The van der Waals surface area contributed by atoms with Gasteiger partial charge >= 0.3 is 6.03 Å². The third-order valence-corrected chi connectivity index (χ3v) is 14.5. The number of carbonyl (C=O) groups is 1. The van der Waals surface area contributed by atoms with Crippen molar-refractivity contribution in [1.82, 2.24) is 15.5 Å². The van der Waals surface area contributed by atoms with Crippen molar-refractivity contribution in [2.24, 2.45) is 51.8 Å². The largest absolute Gasteiger partial charge is 0.337 e. The topological polar surface area (TPSA) is 44.4 Å². The standard InChI is InChI=1S/C37H57N3O.C4H8.CH4/c1-25-10-12-26(13-11-25)28-16-20-36(5)31(34(28,2)3)18-21-35(4)29-17-22-37(39-33(41)38-23-24-40(6)7)19-8-9-30(37)27(29)14-15-32(35)36;1-4-2-3-4;/h10-13,16,27,29-32H,8-9,14-15,17-24H2,1-7H3,(H2,38,39,41);4H,2-3H2,1H3;1H4. The molecule has 2 amide bonds. The Bertz CT molecular complexity index is 1250. The number of urea groups is 1. The van der Waals surface area contributed by atoms with Gasteiger partial charge in [-0.15, -0.1) is 0 Å². The van der Waals surface area contributed by atoms with Crippen molar-refractivity contribution in [3.05, 3.63) is 41.5 Å². The Labute approximate surface area is 283 Å². The molecule has 0 heterocycles. The van der Waals surface area contributed by atoms with Crippen molar-refractivity contribution in [2.45, 2.75) is 132 Å². The fourth-order valence-corrected chi connectivity index (χ4v) is 12.1. The van der Waals surface area contributed by atoms with Crippen LogP contribution < -0.4 is 10.6 Å². The summed E-state index contributed by atoms with van der Waals surface area (Å²) in [7, 11) is 4.12. The van der Waals surface area contributed by atoms with E-state index in [4.69, 9.17) is 0 Å². The fourth-order valence-electron chi connectivity index (χ4n) is 12.1. The van der Waals surface area contributed by atoms with Crippen molar-refractivity contribution in [3.63, 3.8) is 0 Å². The zero-order valence-electron chi connectivity index (χ0n) is 30.1. The first-order valence-corrected chi connectivity index (χ1v) is 18.8. The van der Waals surface area contributed by atoms with E-state index >= 15 is 0 Å². The molecule has 0 aliphatic heterocycles. The van der Waals surface area contributed by atoms with Gasteiger partial charge in [-0.1, -0.05) is 97.2 Å². The maximum atomic E-state index is 13.0. The van der Waals surface area contributed by atoms with Gasteiger partial charge < -0.3 is 15.5 Å². The van der Waals surface area contributed by atoms with Gasteiger partial charge in [0, 0.05) is 18.6 Å². The van der Waals surface area contributed by atoms with E-state index in [2.05, 4.69) is 102 Å². The predicted molar refractivity (Wildman–Crippen MR) is 196 cm³/mol. The molecule has 46 heavy (non-hydrogen) atoms. The maximum absolute atomic E-state index is 13.0. The van der Waals surface area contributed by atoms with Crippen molar-refractivity contribution < 1.29 is 4.79 Å². The molecule has 4 nitrogen and oxygen atoms in total. The van der Waals surface area contributed by atoms with Crippen LogP contribution in [0.2, 0.25) is 0 Å². The van der Waals surface area contributed by atoms with Gasteiger partial charge in [0.1, 0.15) is 0 Å². The zero-order chi connectivity index (χ0) is 32.2. The van der Waals surface area contributed by atoms with E-state index in [1.807, 2.05) is 0 Å². The summed E-state index contributed by atoms with van der Waals surface area (Å²) in [5, 5.41) is 6.75. The quantitative estimate of drug-likeness (QED) is 0.340. The number of fused-ring (bicyclic) bond motifs is 7. The molecule has 0 saturated heterocycles. The lowest BCUT2D eigenvalue weighted by atomic mass is 9.37. The Kier molecular flexibility index (Phi) is 10.2. The van der Waals surface area contributed by atoms with Crippen molar-refractivity contribution in [2.75, 3.05) is 27.2 Å². The molecule has 6 aliphatic rings. The second-order valence-electron chi connectivity index (χ2n) is 18.0. The maximum Gasteiger partial charge on any atom is 0.315 e. The molecule has 1 aromatic carbocycles. The van der Waals surface area contributed by atoms with Gasteiger partial charge in [0.2, 0.25) is 0 Å². The lowest BCUT2D eigenvalue weighted by molar-refractivity contribution is -0.172. The van der Waals surface area contributed by atoms with E-state index < -0.39 is 0 Å². The molecule has 258 valence electrons. The normalized spacial score (nSPS) is 38.8. The van der Waals surface area contributed by atoms with Gasteiger partial charge in [-0.05, 0) is 142 Å². The Hall–Kier alpha value is -1.81. The monoisotopic (exact) mass is 632 g/mol. The summed E-state index contributed by atoms with van der Waals surface area (Å²) in [5.74, 6) is 4.83. The number of hydrogen-bond acceptors (Lipinski definition) is 2. The number of carbonyl (C=O) groups excluding carboxylic acids is 1. The second-order valence-corrected chi connectivity index (χ2v) is 18.0. The summed E-state index contributed by atoms with van der Waals surface area (Å²) >= 11 is 0. The van der Waals surface area contributed by atoms with E-state index in [0.29, 0.717) is 23.3 Å². The van der Waals surface area contributed by atoms with Crippen LogP contribution in [0.1, 0.15) is 130 Å². The molecular weight excluding hydrogens is 562 g/mol. The number of nitrogens with zero attached hydrogens (tertiary/aromatic N) is 1. The van der Waals surface area contributed by atoms with Crippen LogP contribution in [0.3, 0.4) is 0 Å². The number of aryl methyl sites for hydroxylation is 1. The van der Waals surface area contributed by atoms with E-state index in [0.717, 1.165) is 36.1 Å². The molecule has 8 unspecified atom stereocenters. The van der Waals surface area contributed by atoms with Crippen LogP contribution in [-0.4, -0.2) is 43.7 Å². The van der Waals surface area contributed by atoms with Gasteiger partial charge in [-0.3, -0.25) is 0 Å². The van der Waals surface area contributed by atoms with Crippen LogP contribution in [-0.2, 0) is 0 Å². The number of likely N-dealkylation sites (N-methyl/N-ethyl adjacent to an activating group) is 1. The molecule has 8 atom stereocenters.